The van der Waals surface area contributed by atoms with E-state index in [0.29, 0.717) is 0 Å². The zero-order chi connectivity index (χ0) is 13.9. The molecular weight excluding hydrogens is 248 g/mol. The molecule has 20 heavy (non-hydrogen) atoms. The van der Waals surface area contributed by atoms with E-state index in [9.17, 15) is 0 Å². The van der Waals surface area contributed by atoms with E-state index in [4.69, 9.17) is 4.98 Å². The number of aromatic nitrogens is 3. The fraction of sp³-hybridized carbons (Fsp3) is 0.500. The van der Waals surface area contributed by atoms with Crippen molar-refractivity contribution in [1.29, 1.82) is 0 Å². The number of hydrogen-bond acceptors (Lipinski definition) is 3. The van der Waals surface area contributed by atoms with Crippen LogP contribution >= 0.6 is 0 Å². The third-order valence-electron chi connectivity index (χ3n) is 4.02. The Labute approximate surface area is 120 Å². The average Bonchev–Trinajstić information content (AvgIpc) is 2.90. The first kappa shape index (κ1) is 13.3. The van der Waals surface area contributed by atoms with Crippen LogP contribution in [0.25, 0.3) is 5.82 Å². The Morgan fingerprint density at radius 1 is 1.25 bits per heavy atom. The molecular formula is C16H22N4. The Morgan fingerprint density at radius 3 is 2.90 bits per heavy atom. The molecule has 0 bridgehead atoms. The van der Waals surface area contributed by atoms with Gasteiger partial charge in [0.1, 0.15) is 12.1 Å². The van der Waals surface area contributed by atoms with Crippen LogP contribution in [0, 0.1) is 6.92 Å². The molecule has 0 fully saturated rings. The number of hydrogen-bond donors (Lipinski definition) is 1. The van der Waals surface area contributed by atoms with Gasteiger partial charge in [0.15, 0.2) is 0 Å². The standard InChI is InChI=1S/C16H22N4/c1-3-17-10-13-8-9-16(19-12(13)2)20-11-18-14-6-4-5-7-15(14)20/h8-9,11,17H,3-7,10H2,1-2H3. The lowest BCUT2D eigenvalue weighted by Gasteiger charge is -2.14. The molecule has 4 heteroatoms. The summed E-state index contributed by atoms with van der Waals surface area (Å²) >= 11 is 0. The summed E-state index contributed by atoms with van der Waals surface area (Å²) < 4.78 is 2.17. The van der Waals surface area contributed by atoms with E-state index in [1.54, 1.807) is 0 Å². The van der Waals surface area contributed by atoms with Crippen LogP contribution in [0.2, 0.25) is 0 Å². The van der Waals surface area contributed by atoms with Gasteiger partial charge in [-0.1, -0.05) is 13.0 Å². The zero-order valence-electron chi connectivity index (χ0n) is 12.3. The molecule has 1 aliphatic rings. The maximum atomic E-state index is 4.76. The van der Waals surface area contributed by atoms with Crippen LogP contribution in [-0.2, 0) is 19.4 Å². The highest BCUT2D eigenvalue weighted by Crippen LogP contribution is 2.22. The molecule has 0 amide bonds. The summed E-state index contributed by atoms with van der Waals surface area (Å²) in [6.45, 7) is 6.07. The third kappa shape index (κ3) is 2.48. The highest BCUT2D eigenvalue weighted by Gasteiger charge is 2.16. The van der Waals surface area contributed by atoms with Crippen molar-refractivity contribution in [2.45, 2.75) is 46.1 Å². The van der Waals surface area contributed by atoms with Crippen LogP contribution in [0.5, 0.6) is 0 Å². The van der Waals surface area contributed by atoms with E-state index in [-0.39, 0.29) is 0 Å². The first-order valence-electron chi connectivity index (χ1n) is 7.52. The highest BCUT2D eigenvalue weighted by molar-refractivity contribution is 5.34. The van der Waals surface area contributed by atoms with Crippen LogP contribution in [0.1, 0.15) is 42.4 Å². The molecule has 0 saturated carbocycles. The SMILES string of the molecule is CCNCc1ccc(-n2cnc3c2CCCC3)nc1C. The number of imidazole rings is 1. The predicted molar refractivity (Wildman–Crippen MR) is 80.1 cm³/mol. The first-order valence-corrected chi connectivity index (χ1v) is 7.52. The van der Waals surface area contributed by atoms with Gasteiger partial charge in [0, 0.05) is 17.9 Å². The van der Waals surface area contributed by atoms with Crippen molar-refractivity contribution in [2.24, 2.45) is 0 Å². The summed E-state index contributed by atoms with van der Waals surface area (Å²) in [5, 5.41) is 3.35. The maximum absolute atomic E-state index is 4.76. The first-order chi connectivity index (χ1) is 9.79. The van der Waals surface area contributed by atoms with E-state index in [0.717, 1.165) is 37.4 Å². The van der Waals surface area contributed by atoms with Crippen molar-refractivity contribution < 1.29 is 0 Å². The summed E-state index contributed by atoms with van der Waals surface area (Å²) in [5.74, 6) is 0.999. The predicted octanol–water partition coefficient (Wildman–Crippen LogP) is 2.56. The van der Waals surface area contributed by atoms with E-state index in [1.165, 1.54) is 29.8 Å². The molecule has 0 spiro atoms. The van der Waals surface area contributed by atoms with Crippen LogP contribution in [0.3, 0.4) is 0 Å². The molecule has 0 radical (unpaired) electrons. The fourth-order valence-corrected chi connectivity index (χ4v) is 2.82. The van der Waals surface area contributed by atoms with E-state index < -0.39 is 0 Å². The number of nitrogens with zero attached hydrogens (tertiary/aromatic N) is 3. The number of nitrogens with one attached hydrogen (secondary N) is 1. The Kier molecular flexibility index (Phi) is 3.83. The van der Waals surface area contributed by atoms with Gasteiger partial charge < -0.3 is 5.32 Å². The average molecular weight is 270 g/mol. The molecule has 1 aliphatic carbocycles. The number of fused-ring (bicyclic) bond motifs is 1. The van der Waals surface area contributed by atoms with E-state index in [1.807, 2.05) is 6.33 Å². The van der Waals surface area contributed by atoms with Gasteiger partial charge >= 0.3 is 0 Å². The molecule has 0 unspecified atom stereocenters. The van der Waals surface area contributed by atoms with Crippen molar-refractivity contribution in [1.82, 2.24) is 19.9 Å². The molecule has 0 aromatic carbocycles. The Balaban J connectivity index is 1.91. The molecule has 4 nitrogen and oxygen atoms in total. The second-order valence-electron chi connectivity index (χ2n) is 5.41. The monoisotopic (exact) mass is 270 g/mol. The van der Waals surface area contributed by atoms with Crippen LogP contribution in [0.15, 0.2) is 18.5 Å². The van der Waals surface area contributed by atoms with Crippen molar-refractivity contribution in [3.8, 4) is 5.82 Å². The van der Waals surface area contributed by atoms with Gasteiger partial charge in [-0.05, 0) is 50.8 Å². The quantitative estimate of drug-likeness (QED) is 0.928. The van der Waals surface area contributed by atoms with Crippen molar-refractivity contribution in [3.63, 3.8) is 0 Å². The Bertz CT molecular complexity index is 601. The van der Waals surface area contributed by atoms with Crippen LogP contribution in [-0.4, -0.2) is 21.1 Å². The summed E-state index contributed by atoms with van der Waals surface area (Å²) in [4.78, 5) is 9.30. The van der Waals surface area contributed by atoms with Gasteiger partial charge in [-0.25, -0.2) is 9.97 Å². The summed E-state index contributed by atoms with van der Waals surface area (Å²) in [5.41, 5.74) is 4.97. The Morgan fingerprint density at radius 2 is 2.10 bits per heavy atom. The molecule has 0 aliphatic heterocycles. The van der Waals surface area contributed by atoms with Crippen molar-refractivity contribution in [3.05, 3.63) is 41.1 Å². The molecule has 2 aromatic heterocycles. The number of rotatable bonds is 4. The van der Waals surface area contributed by atoms with E-state index in [2.05, 4.69) is 40.8 Å². The zero-order valence-corrected chi connectivity index (χ0v) is 12.3. The smallest absolute Gasteiger partial charge is 0.138 e. The maximum Gasteiger partial charge on any atom is 0.138 e. The summed E-state index contributed by atoms with van der Waals surface area (Å²) in [6.07, 6.45) is 6.69. The normalized spacial score (nSPS) is 14.3. The van der Waals surface area contributed by atoms with Gasteiger partial charge in [-0.15, -0.1) is 0 Å². The molecule has 0 saturated heterocycles. The van der Waals surface area contributed by atoms with Gasteiger partial charge in [-0.2, -0.15) is 0 Å². The fourth-order valence-electron chi connectivity index (χ4n) is 2.82. The van der Waals surface area contributed by atoms with Gasteiger partial charge in [-0.3, -0.25) is 4.57 Å². The Hall–Kier alpha value is -1.68. The van der Waals surface area contributed by atoms with Gasteiger partial charge in [0.05, 0.1) is 5.69 Å². The van der Waals surface area contributed by atoms with Crippen LogP contribution < -0.4 is 5.32 Å². The lowest BCUT2D eigenvalue weighted by atomic mass is 10.0. The second kappa shape index (κ2) is 5.75. The van der Waals surface area contributed by atoms with Gasteiger partial charge in [0.25, 0.3) is 0 Å². The minimum absolute atomic E-state index is 0.887. The van der Waals surface area contributed by atoms with E-state index >= 15 is 0 Å². The lowest BCUT2D eigenvalue weighted by molar-refractivity contribution is 0.653. The second-order valence-corrected chi connectivity index (χ2v) is 5.41. The van der Waals surface area contributed by atoms with Crippen molar-refractivity contribution >= 4 is 0 Å². The molecule has 2 aromatic rings. The third-order valence-corrected chi connectivity index (χ3v) is 4.02. The molecule has 2 heterocycles. The lowest BCUT2D eigenvalue weighted by Crippen LogP contribution is -2.14. The van der Waals surface area contributed by atoms with Crippen molar-refractivity contribution in [2.75, 3.05) is 6.54 Å². The van der Waals surface area contributed by atoms with Crippen LogP contribution in [0.4, 0.5) is 0 Å². The molecule has 1 N–H and O–H groups in total. The minimum atomic E-state index is 0.887. The summed E-state index contributed by atoms with van der Waals surface area (Å²) in [7, 11) is 0. The highest BCUT2D eigenvalue weighted by atomic mass is 15.1. The molecule has 3 rings (SSSR count). The number of aryl methyl sites for hydroxylation is 2. The topological polar surface area (TPSA) is 42.7 Å². The summed E-state index contributed by atoms with van der Waals surface area (Å²) in [6, 6.07) is 4.28. The largest absolute Gasteiger partial charge is 0.313 e. The van der Waals surface area contributed by atoms with Gasteiger partial charge in [0.2, 0.25) is 0 Å². The minimum Gasteiger partial charge on any atom is -0.313 e. The molecule has 106 valence electrons. The molecule has 0 atom stereocenters. The number of pyridine rings is 1.